The number of carbonyl (C=O) groups excluding carboxylic acids is 2. The van der Waals surface area contributed by atoms with E-state index in [1.54, 1.807) is 24.9 Å². The fourth-order valence-electron chi connectivity index (χ4n) is 3.08. The molecule has 3 rings (SSSR count). The molecular formula is C19H24N4O3S. The standard InChI is InChI=1S/C19H24N4O3S/c1-12-15(27-17(21-12)22-18(25)23-9-5-6-10-23)13-7-8-20-14(11-13)19(2,3)16(24)26-4/h7-8,11H,5-6,9-10H2,1-4H3,(H,21,22,25). The van der Waals surface area contributed by atoms with Crippen molar-refractivity contribution in [3.8, 4) is 10.4 Å². The second-order valence-corrected chi connectivity index (χ2v) is 8.10. The van der Waals surface area contributed by atoms with Crippen LogP contribution in [-0.2, 0) is 14.9 Å². The van der Waals surface area contributed by atoms with Gasteiger partial charge in [0, 0.05) is 19.3 Å². The lowest BCUT2D eigenvalue weighted by atomic mass is 9.88. The molecule has 7 nitrogen and oxygen atoms in total. The Kier molecular flexibility index (Phi) is 5.46. The van der Waals surface area contributed by atoms with Crippen molar-refractivity contribution in [2.45, 2.75) is 39.0 Å². The van der Waals surface area contributed by atoms with Crippen LogP contribution in [-0.4, -0.2) is 47.1 Å². The number of hydrogen-bond acceptors (Lipinski definition) is 6. The zero-order valence-corrected chi connectivity index (χ0v) is 16.9. The van der Waals surface area contributed by atoms with E-state index in [2.05, 4.69) is 15.3 Å². The molecule has 1 saturated heterocycles. The zero-order valence-electron chi connectivity index (χ0n) is 16.0. The van der Waals surface area contributed by atoms with Crippen LogP contribution in [0.4, 0.5) is 9.93 Å². The molecule has 0 atom stereocenters. The highest BCUT2D eigenvalue weighted by molar-refractivity contribution is 7.19. The van der Waals surface area contributed by atoms with E-state index in [0.717, 1.165) is 42.1 Å². The molecule has 0 spiro atoms. The molecule has 1 aliphatic rings. The third-order valence-corrected chi connectivity index (χ3v) is 5.88. The summed E-state index contributed by atoms with van der Waals surface area (Å²) in [5.41, 5.74) is 1.51. The Balaban J connectivity index is 1.85. The molecule has 2 amide bonds. The normalized spacial score (nSPS) is 14.3. The molecule has 0 unspecified atom stereocenters. The minimum atomic E-state index is -0.851. The summed E-state index contributed by atoms with van der Waals surface area (Å²) < 4.78 is 4.89. The number of ether oxygens (including phenoxy) is 1. The van der Waals surface area contributed by atoms with Gasteiger partial charge in [-0.3, -0.25) is 15.1 Å². The van der Waals surface area contributed by atoms with E-state index in [1.807, 2.05) is 19.1 Å². The molecule has 8 heteroatoms. The average Bonchev–Trinajstić information content (AvgIpc) is 3.31. The fourth-order valence-corrected chi connectivity index (χ4v) is 4.03. The average molecular weight is 388 g/mol. The molecule has 0 saturated carbocycles. The van der Waals surface area contributed by atoms with Crippen LogP contribution in [0, 0.1) is 6.92 Å². The van der Waals surface area contributed by atoms with Crippen molar-refractivity contribution >= 4 is 28.5 Å². The van der Waals surface area contributed by atoms with Gasteiger partial charge in [0.25, 0.3) is 0 Å². The third kappa shape index (κ3) is 3.95. The van der Waals surface area contributed by atoms with Crippen LogP contribution in [0.25, 0.3) is 10.4 Å². The number of rotatable bonds is 4. The molecular weight excluding hydrogens is 364 g/mol. The lowest BCUT2D eigenvalue weighted by Crippen LogP contribution is -2.32. The number of aromatic nitrogens is 2. The lowest BCUT2D eigenvalue weighted by Gasteiger charge is -2.21. The monoisotopic (exact) mass is 388 g/mol. The fraction of sp³-hybridized carbons (Fsp3) is 0.474. The maximum Gasteiger partial charge on any atom is 0.323 e. The molecule has 0 aromatic carbocycles. The summed E-state index contributed by atoms with van der Waals surface area (Å²) in [6.07, 6.45) is 3.77. The molecule has 1 fully saturated rings. The number of methoxy groups -OCH3 is 1. The number of pyridine rings is 1. The van der Waals surface area contributed by atoms with Crippen molar-refractivity contribution in [3.05, 3.63) is 29.7 Å². The van der Waals surface area contributed by atoms with E-state index >= 15 is 0 Å². The van der Waals surface area contributed by atoms with Crippen molar-refractivity contribution in [2.24, 2.45) is 0 Å². The SMILES string of the molecule is COC(=O)C(C)(C)c1cc(-c2sc(NC(=O)N3CCCC3)nc2C)ccn1. The molecule has 1 N–H and O–H groups in total. The van der Waals surface area contributed by atoms with Gasteiger partial charge in [-0.05, 0) is 51.3 Å². The maximum atomic E-state index is 12.3. The molecule has 0 radical (unpaired) electrons. The molecule has 1 aliphatic heterocycles. The van der Waals surface area contributed by atoms with Gasteiger partial charge < -0.3 is 9.64 Å². The highest BCUT2D eigenvalue weighted by atomic mass is 32.1. The van der Waals surface area contributed by atoms with Gasteiger partial charge in [-0.1, -0.05) is 11.3 Å². The Morgan fingerprint density at radius 3 is 2.67 bits per heavy atom. The van der Waals surface area contributed by atoms with E-state index < -0.39 is 5.41 Å². The highest BCUT2D eigenvalue weighted by Gasteiger charge is 2.32. The number of likely N-dealkylation sites (tertiary alicyclic amines) is 1. The Hall–Kier alpha value is -2.48. The van der Waals surface area contributed by atoms with Crippen LogP contribution in [0.3, 0.4) is 0 Å². The Bertz CT molecular complexity index is 856. The number of aryl methyl sites for hydroxylation is 1. The van der Waals surface area contributed by atoms with Gasteiger partial charge in [0.15, 0.2) is 5.13 Å². The largest absolute Gasteiger partial charge is 0.468 e. The van der Waals surface area contributed by atoms with Crippen molar-refractivity contribution in [1.29, 1.82) is 0 Å². The van der Waals surface area contributed by atoms with Crippen LogP contribution < -0.4 is 5.32 Å². The van der Waals surface area contributed by atoms with Crippen LogP contribution in [0.1, 0.15) is 38.1 Å². The zero-order chi connectivity index (χ0) is 19.6. The third-order valence-electron chi connectivity index (χ3n) is 4.76. The predicted molar refractivity (Wildman–Crippen MR) is 105 cm³/mol. The minimum absolute atomic E-state index is 0.102. The van der Waals surface area contributed by atoms with Gasteiger partial charge in [-0.15, -0.1) is 0 Å². The van der Waals surface area contributed by atoms with Crippen molar-refractivity contribution in [3.63, 3.8) is 0 Å². The van der Waals surface area contributed by atoms with Gasteiger partial charge >= 0.3 is 12.0 Å². The molecule has 2 aromatic rings. The molecule has 27 heavy (non-hydrogen) atoms. The van der Waals surface area contributed by atoms with Gasteiger partial charge in [0.2, 0.25) is 0 Å². The van der Waals surface area contributed by atoms with Crippen molar-refractivity contribution in [1.82, 2.24) is 14.9 Å². The van der Waals surface area contributed by atoms with Crippen LogP contribution in [0.2, 0.25) is 0 Å². The first kappa shape index (κ1) is 19.3. The lowest BCUT2D eigenvalue weighted by molar-refractivity contribution is -0.146. The van der Waals surface area contributed by atoms with Gasteiger partial charge in [0.05, 0.1) is 23.4 Å². The van der Waals surface area contributed by atoms with Gasteiger partial charge in [-0.25, -0.2) is 9.78 Å². The second-order valence-electron chi connectivity index (χ2n) is 7.10. The van der Waals surface area contributed by atoms with Crippen LogP contribution >= 0.6 is 11.3 Å². The minimum Gasteiger partial charge on any atom is -0.468 e. The maximum absolute atomic E-state index is 12.3. The smallest absolute Gasteiger partial charge is 0.323 e. The second kappa shape index (κ2) is 7.64. The van der Waals surface area contributed by atoms with E-state index in [1.165, 1.54) is 18.4 Å². The van der Waals surface area contributed by atoms with Crippen molar-refractivity contribution < 1.29 is 14.3 Å². The summed E-state index contributed by atoms with van der Waals surface area (Å²) >= 11 is 1.42. The van der Waals surface area contributed by atoms with Gasteiger partial charge in [-0.2, -0.15) is 0 Å². The number of esters is 1. The number of nitrogens with zero attached hydrogens (tertiary/aromatic N) is 3. The Labute approximate surface area is 162 Å². The van der Waals surface area contributed by atoms with Gasteiger partial charge in [0.1, 0.15) is 5.41 Å². The summed E-state index contributed by atoms with van der Waals surface area (Å²) in [4.78, 5) is 35.9. The number of anilines is 1. The van der Waals surface area contributed by atoms with E-state index in [9.17, 15) is 9.59 Å². The van der Waals surface area contributed by atoms with E-state index in [0.29, 0.717) is 10.8 Å². The Morgan fingerprint density at radius 1 is 1.30 bits per heavy atom. The number of carbonyl (C=O) groups is 2. The van der Waals surface area contributed by atoms with Crippen LogP contribution in [0.15, 0.2) is 18.3 Å². The summed E-state index contributed by atoms with van der Waals surface area (Å²) in [7, 11) is 1.37. The number of urea groups is 1. The number of hydrogen-bond donors (Lipinski definition) is 1. The number of amides is 2. The summed E-state index contributed by atoms with van der Waals surface area (Å²) in [5.74, 6) is -0.341. The molecule has 3 heterocycles. The molecule has 144 valence electrons. The summed E-state index contributed by atoms with van der Waals surface area (Å²) in [5, 5.41) is 3.47. The van der Waals surface area contributed by atoms with Crippen LogP contribution in [0.5, 0.6) is 0 Å². The summed E-state index contributed by atoms with van der Waals surface area (Å²) in [6, 6.07) is 3.66. The first-order valence-electron chi connectivity index (χ1n) is 8.91. The highest BCUT2D eigenvalue weighted by Crippen LogP contribution is 2.35. The molecule has 0 bridgehead atoms. The van der Waals surface area contributed by atoms with E-state index in [-0.39, 0.29) is 12.0 Å². The first-order valence-corrected chi connectivity index (χ1v) is 9.73. The number of thiazole rings is 1. The topological polar surface area (TPSA) is 84.4 Å². The quantitative estimate of drug-likeness (QED) is 0.809. The first-order chi connectivity index (χ1) is 12.8. The van der Waals surface area contributed by atoms with Crippen molar-refractivity contribution in [2.75, 3.05) is 25.5 Å². The van der Waals surface area contributed by atoms with E-state index in [4.69, 9.17) is 4.74 Å². The number of nitrogens with one attached hydrogen (secondary N) is 1. The summed E-state index contributed by atoms with van der Waals surface area (Å²) in [6.45, 7) is 7.06. The molecule has 2 aromatic heterocycles. The predicted octanol–water partition coefficient (Wildman–Crippen LogP) is 3.59. The molecule has 0 aliphatic carbocycles. The Morgan fingerprint density at radius 2 is 2.00 bits per heavy atom.